The van der Waals surface area contributed by atoms with Gasteiger partial charge in [0.15, 0.2) is 0 Å². The van der Waals surface area contributed by atoms with Crippen molar-refractivity contribution in [3.8, 4) is 5.88 Å². The first kappa shape index (κ1) is 20.1. The van der Waals surface area contributed by atoms with Gasteiger partial charge < -0.3 is 9.47 Å². The van der Waals surface area contributed by atoms with Gasteiger partial charge in [-0.15, -0.1) is 0 Å². The quantitative estimate of drug-likeness (QED) is 0.438. The van der Waals surface area contributed by atoms with E-state index in [1.54, 1.807) is 6.20 Å². The fraction of sp³-hybridized carbons (Fsp3) is 0.375. The Hall–Kier alpha value is -3.15. The summed E-state index contributed by atoms with van der Waals surface area (Å²) in [5.41, 5.74) is 5.33. The molecule has 0 aliphatic carbocycles. The molecule has 1 aliphatic rings. The van der Waals surface area contributed by atoms with Gasteiger partial charge in [-0.05, 0) is 62.1 Å². The molecule has 2 aromatic heterocycles. The number of benzene rings is 1. The van der Waals surface area contributed by atoms with E-state index in [4.69, 9.17) is 9.47 Å². The van der Waals surface area contributed by atoms with Crippen LogP contribution in [-0.4, -0.2) is 27.3 Å². The molecule has 3 heterocycles. The predicted molar refractivity (Wildman–Crippen MR) is 116 cm³/mol. The Bertz CT molecular complexity index is 1130. The Morgan fingerprint density at radius 1 is 1.27 bits per heavy atom. The molecule has 4 rings (SSSR count). The van der Waals surface area contributed by atoms with Crippen molar-refractivity contribution in [2.24, 2.45) is 0 Å². The highest BCUT2D eigenvalue weighted by Gasteiger charge is 2.27. The first-order valence-electron chi connectivity index (χ1n) is 10.5. The standard InChI is InChI=1S/C24H27N3O3/c1-5-10-29-24(28)18(6-2)22-19-8-7-9-25-23(19)30-14-17-12-21-16(11-20(17)22)13-26-27(21)15(3)4/h7-9,11-13,15H,5-6,10,14H2,1-4H3. The molecular weight excluding hydrogens is 378 g/mol. The van der Waals surface area contributed by atoms with Crippen LogP contribution in [0.25, 0.3) is 16.5 Å². The van der Waals surface area contributed by atoms with E-state index in [1.165, 1.54) is 0 Å². The highest BCUT2D eigenvalue weighted by atomic mass is 16.5. The minimum absolute atomic E-state index is 0.247. The Labute approximate surface area is 176 Å². The molecule has 0 saturated heterocycles. The van der Waals surface area contributed by atoms with E-state index >= 15 is 0 Å². The molecule has 0 bridgehead atoms. The number of fused-ring (bicyclic) bond motifs is 3. The van der Waals surface area contributed by atoms with Crippen LogP contribution in [0, 0.1) is 0 Å². The van der Waals surface area contributed by atoms with Crippen molar-refractivity contribution in [3.05, 3.63) is 58.9 Å². The summed E-state index contributed by atoms with van der Waals surface area (Å²) in [5.74, 6) is 0.252. The van der Waals surface area contributed by atoms with Gasteiger partial charge in [0.1, 0.15) is 6.61 Å². The van der Waals surface area contributed by atoms with E-state index in [0.29, 0.717) is 31.1 Å². The van der Waals surface area contributed by atoms with Gasteiger partial charge in [-0.25, -0.2) is 9.78 Å². The lowest BCUT2D eigenvalue weighted by Gasteiger charge is -2.16. The third-order valence-corrected chi connectivity index (χ3v) is 5.32. The Morgan fingerprint density at radius 3 is 2.83 bits per heavy atom. The molecule has 0 atom stereocenters. The van der Waals surface area contributed by atoms with Gasteiger partial charge in [-0.1, -0.05) is 13.8 Å². The zero-order chi connectivity index (χ0) is 21.3. The summed E-state index contributed by atoms with van der Waals surface area (Å²) in [6, 6.07) is 8.30. The molecule has 156 valence electrons. The largest absolute Gasteiger partial charge is 0.472 e. The third kappa shape index (κ3) is 3.47. The minimum atomic E-state index is -0.282. The van der Waals surface area contributed by atoms with E-state index in [9.17, 15) is 4.79 Å². The van der Waals surface area contributed by atoms with Crippen LogP contribution in [-0.2, 0) is 16.1 Å². The summed E-state index contributed by atoms with van der Waals surface area (Å²) in [6.45, 7) is 8.97. The van der Waals surface area contributed by atoms with E-state index in [1.807, 2.05) is 36.9 Å². The van der Waals surface area contributed by atoms with Crippen molar-refractivity contribution in [1.82, 2.24) is 14.8 Å². The second-order valence-corrected chi connectivity index (χ2v) is 7.74. The summed E-state index contributed by atoms with van der Waals surface area (Å²) >= 11 is 0. The smallest absolute Gasteiger partial charge is 0.334 e. The molecule has 0 fully saturated rings. The van der Waals surface area contributed by atoms with Crippen molar-refractivity contribution >= 4 is 22.4 Å². The molecule has 30 heavy (non-hydrogen) atoms. The van der Waals surface area contributed by atoms with Gasteiger partial charge in [0.2, 0.25) is 5.88 Å². The number of nitrogens with zero attached hydrogens (tertiary/aromatic N) is 3. The molecule has 1 aliphatic heterocycles. The van der Waals surface area contributed by atoms with Crippen molar-refractivity contribution in [2.45, 2.75) is 53.2 Å². The number of aromatic nitrogens is 3. The lowest BCUT2D eigenvalue weighted by molar-refractivity contribution is -0.139. The maximum atomic E-state index is 13.0. The highest BCUT2D eigenvalue weighted by molar-refractivity contribution is 6.04. The summed E-state index contributed by atoms with van der Waals surface area (Å²) in [6.07, 6.45) is 4.92. The molecule has 0 N–H and O–H groups in total. The Kier molecular flexibility index (Phi) is 5.57. The second kappa shape index (κ2) is 8.30. The van der Waals surface area contributed by atoms with Crippen LogP contribution in [0.4, 0.5) is 0 Å². The first-order valence-corrected chi connectivity index (χ1v) is 10.5. The Balaban J connectivity index is 2.00. The van der Waals surface area contributed by atoms with Crippen LogP contribution in [0.5, 0.6) is 5.88 Å². The first-order chi connectivity index (χ1) is 14.5. The van der Waals surface area contributed by atoms with E-state index in [2.05, 4.69) is 36.1 Å². The van der Waals surface area contributed by atoms with Crippen LogP contribution in [0.15, 0.2) is 42.2 Å². The molecule has 6 heteroatoms. The number of carbonyl (C=O) groups excluding carboxylic acids is 1. The molecule has 3 aromatic rings. The maximum absolute atomic E-state index is 13.0. The molecule has 0 unspecified atom stereocenters. The molecule has 6 nitrogen and oxygen atoms in total. The van der Waals surface area contributed by atoms with Gasteiger partial charge in [0.25, 0.3) is 0 Å². The molecule has 0 amide bonds. The van der Waals surface area contributed by atoms with Crippen LogP contribution in [0.1, 0.15) is 63.3 Å². The van der Waals surface area contributed by atoms with Gasteiger partial charge in [0.05, 0.1) is 18.3 Å². The molecule has 0 spiro atoms. The SMILES string of the molecule is CCCOC(=O)C(CC)=C1c2cc3cnn(C(C)C)c3cc2COc2ncccc21. The van der Waals surface area contributed by atoms with E-state index < -0.39 is 0 Å². The average molecular weight is 405 g/mol. The highest BCUT2D eigenvalue weighted by Crippen LogP contribution is 2.40. The van der Waals surface area contributed by atoms with Crippen LogP contribution < -0.4 is 4.74 Å². The zero-order valence-electron chi connectivity index (χ0n) is 17.9. The zero-order valence-corrected chi connectivity index (χ0v) is 17.9. The van der Waals surface area contributed by atoms with Crippen molar-refractivity contribution < 1.29 is 14.3 Å². The molecule has 0 saturated carbocycles. The average Bonchev–Trinajstić information content (AvgIpc) is 3.10. The van der Waals surface area contributed by atoms with Crippen molar-refractivity contribution in [3.63, 3.8) is 0 Å². The van der Waals surface area contributed by atoms with Gasteiger partial charge in [-0.2, -0.15) is 5.10 Å². The number of ether oxygens (including phenoxy) is 2. The fourth-order valence-corrected chi connectivity index (χ4v) is 3.92. The predicted octanol–water partition coefficient (Wildman–Crippen LogP) is 5.07. The summed E-state index contributed by atoms with van der Waals surface area (Å²) < 4.78 is 13.6. The third-order valence-electron chi connectivity index (χ3n) is 5.32. The normalized spacial score (nSPS) is 14.7. The molecular formula is C24H27N3O3. The molecule has 1 aromatic carbocycles. The number of rotatable bonds is 5. The van der Waals surface area contributed by atoms with Crippen LogP contribution >= 0.6 is 0 Å². The fourth-order valence-electron chi connectivity index (χ4n) is 3.92. The summed E-state index contributed by atoms with van der Waals surface area (Å²) in [5, 5.41) is 5.59. The molecule has 0 radical (unpaired) electrons. The minimum Gasteiger partial charge on any atom is -0.472 e. The second-order valence-electron chi connectivity index (χ2n) is 7.74. The van der Waals surface area contributed by atoms with Crippen LogP contribution in [0.2, 0.25) is 0 Å². The summed E-state index contributed by atoms with van der Waals surface area (Å²) in [4.78, 5) is 17.4. The van der Waals surface area contributed by atoms with E-state index in [-0.39, 0.29) is 12.0 Å². The van der Waals surface area contributed by atoms with Gasteiger partial charge in [0, 0.05) is 34.3 Å². The number of pyridine rings is 1. The monoisotopic (exact) mass is 405 g/mol. The van der Waals surface area contributed by atoms with Crippen LogP contribution in [0.3, 0.4) is 0 Å². The number of hydrogen-bond donors (Lipinski definition) is 0. The number of carbonyl (C=O) groups is 1. The topological polar surface area (TPSA) is 66.2 Å². The number of hydrogen-bond acceptors (Lipinski definition) is 5. The lowest BCUT2D eigenvalue weighted by Crippen LogP contribution is -2.11. The van der Waals surface area contributed by atoms with E-state index in [0.717, 1.165) is 39.6 Å². The van der Waals surface area contributed by atoms with Crippen molar-refractivity contribution in [1.29, 1.82) is 0 Å². The van der Waals surface area contributed by atoms with Gasteiger partial charge in [-0.3, -0.25) is 4.68 Å². The maximum Gasteiger partial charge on any atom is 0.334 e. The van der Waals surface area contributed by atoms with Gasteiger partial charge >= 0.3 is 5.97 Å². The van der Waals surface area contributed by atoms with Crippen molar-refractivity contribution in [2.75, 3.05) is 6.61 Å². The number of esters is 1. The summed E-state index contributed by atoms with van der Waals surface area (Å²) in [7, 11) is 0. The lowest BCUT2D eigenvalue weighted by atomic mass is 9.89. The Morgan fingerprint density at radius 2 is 2.10 bits per heavy atom.